The van der Waals surface area contributed by atoms with Crippen LogP contribution in [0.4, 0.5) is 0 Å². The molecule has 0 aliphatic carbocycles. The van der Waals surface area contributed by atoms with Crippen LogP contribution in [0.5, 0.6) is 11.5 Å². The maximum atomic E-state index is 12.5. The Morgan fingerprint density at radius 1 is 1.20 bits per heavy atom. The van der Waals surface area contributed by atoms with Crippen molar-refractivity contribution in [2.75, 3.05) is 13.8 Å². The van der Waals surface area contributed by atoms with E-state index >= 15 is 0 Å². The number of Topliss-reactive ketones (excluding diaryl/α,β-unsaturated/α-hetero) is 1. The number of ketones is 1. The molecule has 94 valence electrons. The number of fused-ring (bicyclic) bond motifs is 1. The Kier molecular flexibility index (Phi) is 3.71. The van der Waals surface area contributed by atoms with E-state index in [0.29, 0.717) is 17.1 Å². The maximum Gasteiger partial charge on any atom is 0.231 e. The molecule has 0 spiro atoms. The summed E-state index contributed by atoms with van der Waals surface area (Å²) in [7, 11) is 24.2. The van der Waals surface area contributed by atoms with Gasteiger partial charge in [-0.3, -0.25) is 4.79 Å². The van der Waals surface area contributed by atoms with E-state index < -0.39 is 10.7 Å². The lowest BCUT2D eigenvalue weighted by atomic mass is 9.46. The summed E-state index contributed by atoms with van der Waals surface area (Å²) in [6, 6.07) is 4.81. The number of ether oxygens (including phenoxy) is 2. The van der Waals surface area contributed by atoms with Crippen LogP contribution in [0.1, 0.15) is 17.3 Å². The zero-order valence-electron chi connectivity index (χ0n) is 11.4. The van der Waals surface area contributed by atoms with Crippen molar-refractivity contribution in [3.63, 3.8) is 0 Å². The molecular formula is C12H11B4NO3. The molecule has 0 aromatic heterocycles. The van der Waals surface area contributed by atoms with E-state index in [2.05, 4.69) is 0 Å². The molecule has 1 atom stereocenters. The molecular weight excluding hydrogens is 249 g/mol. The first kappa shape index (κ1) is 15.1. The number of carbonyl (C=O) groups is 1. The number of nitrogens with zero attached hydrogens (tertiary/aromatic N) is 1. The molecule has 0 saturated heterocycles. The summed E-state index contributed by atoms with van der Waals surface area (Å²) in [5.74, 6) is 0.692. The Hall–Kier alpha value is -1.29. The highest BCUT2D eigenvalue weighted by molar-refractivity contribution is 6.59. The van der Waals surface area contributed by atoms with Crippen LogP contribution >= 0.6 is 0 Å². The van der Waals surface area contributed by atoms with E-state index in [4.69, 9.17) is 40.9 Å². The van der Waals surface area contributed by atoms with Crippen LogP contribution < -0.4 is 9.47 Å². The summed E-state index contributed by atoms with van der Waals surface area (Å²) < 4.78 is 10.4. The van der Waals surface area contributed by atoms with Crippen LogP contribution in [-0.4, -0.2) is 66.6 Å². The number of likely N-dealkylation sites (N-methyl/N-ethyl adjacent to an activating group) is 1. The summed E-state index contributed by atoms with van der Waals surface area (Å²) in [6.45, 7) is 1.62. The van der Waals surface area contributed by atoms with Crippen molar-refractivity contribution < 1.29 is 14.3 Å². The molecule has 1 aliphatic rings. The maximum absolute atomic E-state index is 12.5. The standard InChI is InChI=1S/C12H11B4NO3/c1-11(13,17(2)12(14,15)16)10(18)7-3-4-8-9(5-7)20-6-19-8/h3-5H,6H2,1-2H3. The molecule has 0 amide bonds. The van der Waals surface area contributed by atoms with Gasteiger partial charge in [0, 0.05) is 11.0 Å². The first-order valence-electron chi connectivity index (χ1n) is 5.98. The third-order valence-corrected chi connectivity index (χ3v) is 3.37. The van der Waals surface area contributed by atoms with Crippen LogP contribution in [0.25, 0.3) is 0 Å². The molecule has 0 fully saturated rings. The van der Waals surface area contributed by atoms with E-state index in [0.717, 1.165) is 0 Å². The number of benzene rings is 1. The SMILES string of the molecule is [B]C([B])([B])N(C)C([B])(C)C(=O)c1ccc2c(c1)OCO2. The minimum Gasteiger partial charge on any atom is -0.454 e. The molecule has 8 radical (unpaired) electrons. The highest BCUT2D eigenvalue weighted by Crippen LogP contribution is 2.33. The molecule has 1 aromatic rings. The second-order valence-electron chi connectivity index (χ2n) is 4.99. The quantitative estimate of drug-likeness (QED) is 0.542. The molecule has 0 bridgehead atoms. The van der Waals surface area contributed by atoms with Gasteiger partial charge in [0.25, 0.3) is 0 Å². The highest BCUT2D eigenvalue weighted by atomic mass is 16.7. The molecule has 1 aromatic carbocycles. The second kappa shape index (κ2) is 4.92. The van der Waals surface area contributed by atoms with Crippen molar-refractivity contribution in [2.45, 2.75) is 17.6 Å². The minimum atomic E-state index is -1.71. The number of rotatable bonds is 4. The summed E-state index contributed by atoms with van der Waals surface area (Å²) in [4.78, 5) is 13.7. The first-order valence-corrected chi connectivity index (χ1v) is 5.98. The van der Waals surface area contributed by atoms with Crippen molar-refractivity contribution >= 4 is 37.2 Å². The van der Waals surface area contributed by atoms with E-state index in [1.54, 1.807) is 18.2 Å². The molecule has 0 saturated carbocycles. The Labute approximate surface area is 123 Å². The summed E-state index contributed by atoms with van der Waals surface area (Å²) in [5, 5.41) is -1.71. The van der Waals surface area contributed by atoms with Gasteiger partial charge in [-0.25, -0.2) is 0 Å². The van der Waals surface area contributed by atoms with Crippen LogP contribution in [0.2, 0.25) is 0 Å². The Morgan fingerprint density at radius 3 is 2.40 bits per heavy atom. The van der Waals surface area contributed by atoms with Gasteiger partial charge in [0.05, 0.1) is 23.5 Å². The zero-order valence-corrected chi connectivity index (χ0v) is 11.4. The van der Waals surface area contributed by atoms with Gasteiger partial charge in [0.15, 0.2) is 17.3 Å². The minimum absolute atomic E-state index is 0.129. The van der Waals surface area contributed by atoms with Gasteiger partial charge >= 0.3 is 0 Å². The lowest BCUT2D eigenvalue weighted by Crippen LogP contribution is -2.62. The predicted octanol–water partition coefficient (Wildman–Crippen LogP) is -0.469. The van der Waals surface area contributed by atoms with Crippen molar-refractivity contribution in [1.29, 1.82) is 0 Å². The first-order chi connectivity index (χ1) is 9.14. The molecule has 1 aliphatic heterocycles. The van der Waals surface area contributed by atoms with Crippen LogP contribution in [0.15, 0.2) is 18.2 Å². The second-order valence-corrected chi connectivity index (χ2v) is 4.99. The molecule has 4 nitrogen and oxygen atoms in total. The lowest BCUT2D eigenvalue weighted by Gasteiger charge is -2.45. The molecule has 0 N–H and O–H groups in total. The van der Waals surface area contributed by atoms with Gasteiger partial charge in [0.2, 0.25) is 6.79 Å². The van der Waals surface area contributed by atoms with E-state index in [1.807, 2.05) is 0 Å². The Morgan fingerprint density at radius 2 is 1.80 bits per heavy atom. The summed E-state index contributed by atoms with van der Waals surface area (Å²) in [6.07, 6.45) is 0. The molecule has 1 heterocycles. The van der Waals surface area contributed by atoms with Gasteiger partial charge in [-0.1, -0.05) is 5.24 Å². The fourth-order valence-corrected chi connectivity index (χ4v) is 1.88. The number of hydrogen-bond acceptors (Lipinski definition) is 4. The van der Waals surface area contributed by atoms with E-state index in [9.17, 15) is 4.79 Å². The smallest absolute Gasteiger partial charge is 0.231 e. The third-order valence-electron chi connectivity index (χ3n) is 3.37. The van der Waals surface area contributed by atoms with Crippen LogP contribution in [-0.2, 0) is 0 Å². The van der Waals surface area contributed by atoms with Gasteiger partial charge in [-0.2, -0.15) is 0 Å². The Bertz CT molecular complexity index is 542. The summed E-state index contributed by atoms with van der Waals surface area (Å²) in [5.41, 5.74) is -1.11. The number of carbonyl (C=O) groups excluding carboxylic acids is 1. The molecule has 2 rings (SSSR count). The number of hydrogen-bond donors (Lipinski definition) is 0. The van der Waals surface area contributed by atoms with Crippen molar-refractivity contribution in [2.24, 2.45) is 0 Å². The van der Waals surface area contributed by atoms with Crippen molar-refractivity contribution in [3.05, 3.63) is 23.8 Å². The summed E-state index contributed by atoms with van der Waals surface area (Å²) >= 11 is 0. The normalized spacial score (nSPS) is 16.9. The molecule has 1 unspecified atom stereocenters. The van der Waals surface area contributed by atoms with Gasteiger partial charge in [0.1, 0.15) is 7.85 Å². The van der Waals surface area contributed by atoms with Gasteiger partial charge < -0.3 is 14.4 Å². The van der Waals surface area contributed by atoms with Gasteiger partial charge in [-0.05, 0) is 32.2 Å². The molecule has 20 heavy (non-hydrogen) atoms. The largest absolute Gasteiger partial charge is 0.454 e. The topological polar surface area (TPSA) is 38.8 Å². The highest BCUT2D eigenvalue weighted by Gasteiger charge is 2.37. The van der Waals surface area contributed by atoms with Gasteiger partial charge in [-0.15, -0.1) is 0 Å². The Balaban J connectivity index is 2.31. The van der Waals surface area contributed by atoms with Crippen LogP contribution in [0.3, 0.4) is 0 Å². The average Bonchev–Trinajstić information content (AvgIpc) is 2.82. The fourth-order valence-electron chi connectivity index (χ4n) is 1.88. The third kappa shape index (κ3) is 2.62. The van der Waals surface area contributed by atoms with Crippen molar-refractivity contribution in [3.8, 4) is 11.5 Å². The van der Waals surface area contributed by atoms with E-state index in [1.165, 1.54) is 18.9 Å². The predicted molar refractivity (Wildman–Crippen MR) is 78.8 cm³/mol. The monoisotopic (exact) mass is 261 g/mol. The average molecular weight is 260 g/mol. The lowest BCUT2D eigenvalue weighted by molar-refractivity contribution is 0.0811. The fraction of sp³-hybridized carbons (Fsp3) is 0.417. The van der Waals surface area contributed by atoms with Crippen LogP contribution in [0, 0.1) is 0 Å². The van der Waals surface area contributed by atoms with Crippen molar-refractivity contribution in [1.82, 2.24) is 4.90 Å². The zero-order chi connectivity index (χ0) is 15.1. The molecule has 8 heteroatoms. The van der Waals surface area contributed by atoms with E-state index in [-0.39, 0.29) is 12.6 Å².